The average molecular weight is 264 g/mol. The molecular weight excluding hydrogens is 239 g/mol. The third-order valence-electron chi connectivity index (χ3n) is 3.98. The zero-order chi connectivity index (χ0) is 13.7. The van der Waals surface area contributed by atoms with Crippen LogP contribution in [0.1, 0.15) is 45.1 Å². The van der Waals surface area contributed by atoms with E-state index >= 15 is 0 Å². The lowest BCUT2D eigenvalue weighted by atomic mass is 10.1. The second-order valence-electron chi connectivity index (χ2n) is 5.42. The van der Waals surface area contributed by atoms with E-state index in [-0.39, 0.29) is 5.82 Å². The standard InChI is InChI=1S/C16H25FN2/c1-3-18-12-14-9-7-10-15(17)16(14)19-11-6-4-5-8-13(19)2/h7,9-10,13,18H,3-6,8,11-12H2,1-2H3. The van der Waals surface area contributed by atoms with Crippen LogP contribution in [0.15, 0.2) is 18.2 Å². The molecule has 1 N–H and O–H groups in total. The molecule has 2 nitrogen and oxygen atoms in total. The maximum atomic E-state index is 14.3. The van der Waals surface area contributed by atoms with Crippen LogP contribution in [0.4, 0.5) is 10.1 Å². The molecule has 1 heterocycles. The summed E-state index contributed by atoms with van der Waals surface area (Å²) in [7, 11) is 0. The van der Waals surface area contributed by atoms with Gasteiger partial charge in [-0.2, -0.15) is 0 Å². The molecule has 0 bridgehead atoms. The minimum Gasteiger partial charge on any atom is -0.366 e. The Bertz CT molecular complexity index is 406. The van der Waals surface area contributed by atoms with Crippen LogP contribution in [-0.2, 0) is 6.54 Å². The second-order valence-corrected chi connectivity index (χ2v) is 5.42. The number of nitrogens with one attached hydrogen (secondary N) is 1. The van der Waals surface area contributed by atoms with E-state index in [9.17, 15) is 4.39 Å². The van der Waals surface area contributed by atoms with Crippen molar-refractivity contribution in [3.63, 3.8) is 0 Å². The number of hydrogen-bond donors (Lipinski definition) is 1. The second kappa shape index (κ2) is 6.90. The summed E-state index contributed by atoms with van der Waals surface area (Å²) in [6, 6.07) is 5.87. The van der Waals surface area contributed by atoms with Crippen LogP contribution in [0, 0.1) is 5.82 Å². The Balaban J connectivity index is 2.29. The summed E-state index contributed by atoms with van der Waals surface area (Å²) in [4.78, 5) is 2.27. The first-order valence-corrected chi connectivity index (χ1v) is 7.48. The van der Waals surface area contributed by atoms with Crippen LogP contribution in [0.3, 0.4) is 0 Å². The number of anilines is 1. The van der Waals surface area contributed by atoms with Gasteiger partial charge in [0, 0.05) is 19.1 Å². The van der Waals surface area contributed by atoms with E-state index in [0.717, 1.165) is 37.3 Å². The maximum Gasteiger partial charge on any atom is 0.146 e. The van der Waals surface area contributed by atoms with Gasteiger partial charge < -0.3 is 10.2 Å². The van der Waals surface area contributed by atoms with Crippen molar-refractivity contribution in [2.75, 3.05) is 18.0 Å². The minimum absolute atomic E-state index is 0.0795. The highest BCUT2D eigenvalue weighted by atomic mass is 19.1. The third kappa shape index (κ3) is 3.47. The van der Waals surface area contributed by atoms with E-state index in [0.29, 0.717) is 6.04 Å². The van der Waals surface area contributed by atoms with Crippen LogP contribution in [-0.4, -0.2) is 19.1 Å². The van der Waals surface area contributed by atoms with Crippen LogP contribution < -0.4 is 10.2 Å². The van der Waals surface area contributed by atoms with E-state index in [2.05, 4.69) is 24.1 Å². The van der Waals surface area contributed by atoms with Crippen molar-refractivity contribution >= 4 is 5.69 Å². The number of para-hydroxylation sites is 1. The molecule has 1 unspecified atom stereocenters. The monoisotopic (exact) mass is 264 g/mol. The molecule has 1 aromatic rings. The lowest BCUT2D eigenvalue weighted by Gasteiger charge is -2.31. The third-order valence-corrected chi connectivity index (χ3v) is 3.98. The van der Waals surface area contributed by atoms with Gasteiger partial charge in [-0.3, -0.25) is 0 Å². The molecule has 2 rings (SSSR count). The largest absolute Gasteiger partial charge is 0.366 e. The fourth-order valence-corrected chi connectivity index (χ4v) is 2.89. The van der Waals surface area contributed by atoms with E-state index in [1.54, 1.807) is 6.07 Å². The lowest BCUT2D eigenvalue weighted by molar-refractivity contribution is 0.574. The zero-order valence-corrected chi connectivity index (χ0v) is 12.1. The van der Waals surface area contributed by atoms with E-state index in [4.69, 9.17) is 0 Å². The van der Waals surface area contributed by atoms with Gasteiger partial charge in [0.05, 0.1) is 5.69 Å². The van der Waals surface area contributed by atoms with Gasteiger partial charge in [0.2, 0.25) is 0 Å². The summed E-state index contributed by atoms with van der Waals surface area (Å²) in [5.41, 5.74) is 1.90. The quantitative estimate of drug-likeness (QED) is 0.892. The molecule has 0 amide bonds. The van der Waals surface area contributed by atoms with Gasteiger partial charge in [0.1, 0.15) is 5.82 Å². The van der Waals surface area contributed by atoms with Gasteiger partial charge >= 0.3 is 0 Å². The molecule has 0 aliphatic carbocycles. The molecule has 1 aromatic carbocycles. The molecule has 1 atom stereocenters. The summed E-state index contributed by atoms with van der Waals surface area (Å²) in [6.45, 7) is 6.92. The van der Waals surface area contributed by atoms with E-state index < -0.39 is 0 Å². The fraction of sp³-hybridized carbons (Fsp3) is 0.625. The van der Waals surface area contributed by atoms with Gasteiger partial charge in [0.25, 0.3) is 0 Å². The van der Waals surface area contributed by atoms with Crippen molar-refractivity contribution in [1.29, 1.82) is 0 Å². The molecule has 1 aliphatic rings. The first kappa shape index (κ1) is 14.3. The van der Waals surface area contributed by atoms with Crippen molar-refractivity contribution < 1.29 is 4.39 Å². The van der Waals surface area contributed by atoms with Crippen molar-refractivity contribution in [1.82, 2.24) is 5.32 Å². The van der Waals surface area contributed by atoms with Crippen LogP contribution in [0.2, 0.25) is 0 Å². The predicted octanol–water partition coefficient (Wildman–Crippen LogP) is 3.70. The summed E-state index contributed by atoms with van der Waals surface area (Å²) >= 11 is 0. The topological polar surface area (TPSA) is 15.3 Å². The van der Waals surface area contributed by atoms with Crippen molar-refractivity contribution in [2.24, 2.45) is 0 Å². The zero-order valence-electron chi connectivity index (χ0n) is 12.1. The van der Waals surface area contributed by atoms with Crippen LogP contribution >= 0.6 is 0 Å². The van der Waals surface area contributed by atoms with E-state index in [1.165, 1.54) is 19.3 Å². The Morgan fingerprint density at radius 3 is 2.95 bits per heavy atom. The van der Waals surface area contributed by atoms with Gasteiger partial charge in [0.15, 0.2) is 0 Å². The van der Waals surface area contributed by atoms with Crippen molar-refractivity contribution in [2.45, 2.75) is 52.1 Å². The summed E-state index contributed by atoms with van der Waals surface area (Å²) in [5.74, 6) is -0.0795. The number of rotatable bonds is 4. The van der Waals surface area contributed by atoms with Gasteiger partial charge in [-0.1, -0.05) is 31.9 Å². The van der Waals surface area contributed by atoms with Crippen molar-refractivity contribution in [3.05, 3.63) is 29.6 Å². The van der Waals surface area contributed by atoms with Crippen LogP contribution in [0.5, 0.6) is 0 Å². The minimum atomic E-state index is -0.0795. The molecule has 1 aliphatic heterocycles. The highest BCUT2D eigenvalue weighted by molar-refractivity contribution is 5.55. The van der Waals surface area contributed by atoms with Gasteiger partial charge in [-0.15, -0.1) is 0 Å². The maximum absolute atomic E-state index is 14.3. The normalized spacial score (nSPS) is 20.4. The average Bonchev–Trinajstić information content (AvgIpc) is 2.61. The summed E-state index contributed by atoms with van der Waals surface area (Å²) in [5, 5.41) is 3.31. The number of halogens is 1. The summed E-state index contributed by atoms with van der Waals surface area (Å²) < 4.78 is 14.3. The van der Waals surface area contributed by atoms with Crippen molar-refractivity contribution in [3.8, 4) is 0 Å². The Kier molecular flexibility index (Phi) is 5.20. The smallest absolute Gasteiger partial charge is 0.146 e. The molecule has 0 spiro atoms. The highest BCUT2D eigenvalue weighted by Gasteiger charge is 2.22. The Morgan fingerprint density at radius 2 is 2.16 bits per heavy atom. The van der Waals surface area contributed by atoms with Crippen LogP contribution in [0.25, 0.3) is 0 Å². The first-order chi connectivity index (χ1) is 9.24. The lowest BCUT2D eigenvalue weighted by Crippen LogP contribution is -2.34. The number of benzene rings is 1. The molecule has 0 aromatic heterocycles. The summed E-state index contributed by atoms with van der Waals surface area (Å²) in [6.07, 6.45) is 4.85. The Morgan fingerprint density at radius 1 is 1.32 bits per heavy atom. The molecule has 0 saturated carbocycles. The molecule has 19 heavy (non-hydrogen) atoms. The van der Waals surface area contributed by atoms with Gasteiger partial charge in [-0.25, -0.2) is 4.39 Å². The predicted molar refractivity (Wildman–Crippen MR) is 79.1 cm³/mol. The molecule has 3 heteroatoms. The Labute approximate surface area is 116 Å². The fourth-order valence-electron chi connectivity index (χ4n) is 2.89. The van der Waals surface area contributed by atoms with Gasteiger partial charge in [-0.05, 0) is 37.9 Å². The molecule has 106 valence electrons. The first-order valence-electron chi connectivity index (χ1n) is 7.48. The number of nitrogens with zero attached hydrogens (tertiary/aromatic N) is 1. The molecule has 0 radical (unpaired) electrons. The number of hydrogen-bond acceptors (Lipinski definition) is 2. The molecule has 1 saturated heterocycles. The van der Waals surface area contributed by atoms with E-state index in [1.807, 2.05) is 12.1 Å². The molecular formula is C16H25FN2. The molecule has 1 fully saturated rings. The highest BCUT2D eigenvalue weighted by Crippen LogP contribution is 2.30. The SMILES string of the molecule is CCNCc1cccc(F)c1N1CCCCCC1C. The Hall–Kier alpha value is -1.09.